The summed E-state index contributed by atoms with van der Waals surface area (Å²) in [4.78, 5) is 0. The lowest BCUT2D eigenvalue weighted by Crippen LogP contribution is -1.99. The van der Waals surface area contributed by atoms with E-state index in [0.29, 0.717) is 11.5 Å². The number of aryl methyl sites for hydroxylation is 1. The van der Waals surface area contributed by atoms with Crippen molar-refractivity contribution in [1.29, 1.82) is 0 Å². The van der Waals surface area contributed by atoms with Crippen molar-refractivity contribution in [2.24, 2.45) is 0 Å². The van der Waals surface area contributed by atoms with Crippen molar-refractivity contribution < 1.29 is 14.6 Å². The molecule has 1 rings (SSSR count). The Morgan fingerprint density at radius 1 is 1.00 bits per heavy atom. The number of unbranched alkanes of at least 4 members (excludes halogenated alkanes) is 4. The van der Waals surface area contributed by atoms with Crippen LogP contribution in [0.1, 0.15) is 50.2 Å². The second-order valence-electron chi connectivity index (χ2n) is 4.92. The predicted octanol–water partition coefficient (Wildman–Crippen LogP) is 4.23. The van der Waals surface area contributed by atoms with Crippen LogP contribution in [0.2, 0.25) is 0 Å². The quantitative estimate of drug-likeness (QED) is 0.716. The molecule has 0 saturated carbocycles. The fraction of sp³-hybridized carbons (Fsp3) is 0.625. The maximum Gasteiger partial charge on any atom is 0.167 e. The molecule has 0 unspecified atom stereocenters. The van der Waals surface area contributed by atoms with Gasteiger partial charge < -0.3 is 14.6 Å². The molecule has 0 aliphatic carbocycles. The van der Waals surface area contributed by atoms with Crippen LogP contribution in [-0.2, 0) is 6.42 Å². The number of hydrogen-bond donors (Lipinski definition) is 1. The third-order valence-corrected chi connectivity index (χ3v) is 3.44. The molecule has 1 aromatic carbocycles. The van der Waals surface area contributed by atoms with Crippen molar-refractivity contribution in [3.8, 4) is 17.2 Å². The van der Waals surface area contributed by atoms with Gasteiger partial charge in [-0.3, -0.25) is 0 Å². The first kappa shape index (κ1) is 15.7. The Morgan fingerprint density at radius 3 is 2.21 bits per heavy atom. The molecular weight excluding hydrogens is 240 g/mol. The van der Waals surface area contributed by atoms with Crippen LogP contribution in [-0.4, -0.2) is 19.3 Å². The molecule has 0 amide bonds. The molecule has 0 heterocycles. The zero-order chi connectivity index (χ0) is 14.3. The van der Waals surface area contributed by atoms with E-state index in [1.165, 1.54) is 25.7 Å². The van der Waals surface area contributed by atoms with Crippen LogP contribution in [0.25, 0.3) is 0 Å². The van der Waals surface area contributed by atoms with E-state index < -0.39 is 0 Å². The molecule has 0 radical (unpaired) electrons. The summed E-state index contributed by atoms with van der Waals surface area (Å²) in [5.41, 5.74) is 1.76. The van der Waals surface area contributed by atoms with Crippen LogP contribution in [0.3, 0.4) is 0 Å². The highest BCUT2D eigenvalue weighted by Gasteiger charge is 2.17. The molecular formula is C16H26O3. The molecule has 3 heteroatoms. The van der Waals surface area contributed by atoms with Crippen molar-refractivity contribution in [3.63, 3.8) is 0 Å². The minimum atomic E-state index is 0.311. The van der Waals surface area contributed by atoms with Crippen molar-refractivity contribution >= 4 is 0 Å². The highest BCUT2D eigenvalue weighted by atomic mass is 16.5. The predicted molar refractivity (Wildman–Crippen MR) is 78.4 cm³/mol. The Kier molecular flexibility index (Phi) is 6.54. The van der Waals surface area contributed by atoms with E-state index >= 15 is 0 Å². The molecule has 1 N–H and O–H groups in total. The van der Waals surface area contributed by atoms with Gasteiger partial charge in [0, 0.05) is 5.56 Å². The van der Waals surface area contributed by atoms with Gasteiger partial charge in [0.15, 0.2) is 11.5 Å². The van der Waals surface area contributed by atoms with E-state index in [4.69, 9.17) is 9.47 Å². The van der Waals surface area contributed by atoms with Gasteiger partial charge in [0.05, 0.1) is 14.2 Å². The lowest BCUT2D eigenvalue weighted by atomic mass is 10.0. The van der Waals surface area contributed by atoms with E-state index in [1.54, 1.807) is 20.3 Å². The first-order valence-corrected chi connectivity index (χ1v) is 7.09. The van der Waals surface area contributed by atoms with E-state index in [0.717, 1.165) is 29.7 Å². The third-order valence-electron chi connectivity index (χ3n) is 3.44. The molecule has 0 spiro atoms. The maximum atomic E-state index is 10.1. The fourth-order valence-corrected chi connectivity index (χ4v) is 2.41. The van der Waals surface area contributed by atoms with Gasteiger partial charge in [-0.1, -0.05) is 32.6 Å². The Balaban J connectivity index is 2.81. The van der Waals surface area contributed by atoms with Crippen LogP contribution in [0.4, 0.5) is 0 Å². The number of rotatable bonds is 8. The van der Waals surface area contributed by atoms with Crippen LogP contribution in [0, 0.1) is 6.92 Å². The van der Waals surface area contributed by atoms with Gasteiger partial charge in [0.25, 0.3) is 0 Å². The molecule has 108 valence electrons. The lowest BCUT2D eigenvalue weighted by Gasteiger charge is -2.16. The molecule has 0 fully saturated rings. The number of phenols is 1. The average Bonchev–Trinajstić information content (AvgIpc) is 2.39. The van der Waals surface area contributed by atoms with Gasteiger partial charge in [-0.2, -0.15) is 0 Å². The number of hydrogen-bond acceptors (Lipinski definition) is 3. The minimum Gasteiger partial charge on any atom is -0.508 e. The molecule has 0 saturated heterocycles. The van der Waals surface area contributed by atoms with Crippen LogP contribution < -0.4 is 9.47 Å². The topological polar surface area (TPSA) is 38.7 Å². The van der Waals surface area contributed by atoms with Gasteiger partial charge in [0.2, 0.25) is 0 Å². The molecule has 1 aromatic rings. The molecule has 0 aliphatic heterocycles. The zero-order valence-corrected chi connectivity index (χ0v) is 12.6. The van der Waals surface area contributed by atoms with Gasteiger partial charge in [-0.15, -0.1) is 0 Å². The van der Waals surface area contributed by atoms with E-state index in [9.17, 15) is 5.11 Å². The Hall–Kier alpha value is -1.38. The number of ether oxygens (including phenoxy) is 2. The molecule has 0 aromatic heterocycles. The molecule has 0 bridgehead atoms. The first-order valence-electron chi connectivity index (χ1n) is 7.09. The van der Waals surface area contributed by atoms with Gasteiger partial charge in [0.1, 0.15) is 5.75 Å². The number of aromatic hydroxyl groups is 1. The highest BCUT2D eigenvalue weighted by Crippen LogP contribution is 2.40. The Morgan fingerprint density at radius 2 is 1.63 bits per heavy atom. The van der Waals surface area contributed by atoms with Gasteiger partial charge in [-0.05, 0) is 31.4 Å². The lowest BCUT2D eigenvalue weighted by molar-refractivity contribution is 0.344. The Labute approximate surface area is 116 Å². The van der Waals surface area contributed by atoms with Crippen LogP contribution in [0.15, 0.2) is 6.07 Å². The Bertz CT molecular complexity index is 399. The molecule has 3 nitrogen and oxygen atoms in total. The highest BCUT2D eigenvalue weighted by molar-refractivity contribution is 5.57. The first-order chi connectivity index (χ1) is 9.15. The normalized spacial score (nSPS) is 10.5. The van der Waals surface area contributed by atoms with Gasteiger partial charge in [-0.25, -0.2) is 0 Å². The SMILES string of the molecule is CCCCCCCc1c(O)cc(C)c(OC)c1OC. The smallest absolute Gasteiger partial charge is 0.167 e. The molecule has 19 heavy (non-hydrogen) atoms. The van der Waals surface area contributed by atoms with Crippen molar-refractivity contribution in [1.82, 2.24) is 0 Å². The van der Waals surface area contributed by atoms with Crippen molar-refractivity contribution in [3.05, 3.63) is 17.2 Å². The largest absolute Gasteiger partial charge is 0.508 e. The fourth-order valence-electron chi connectivity index (χ4n) is 2.41. The average molecular weight is 266 g/mol. The van der Waals surface area contributed by atoms with E-state index in [1.807, 2.05) is 6.92 Å². The summed E-state index contributed by atoms with van der Waals surface area (Å²) in [6.45, 7) is 4.12. The number of methoxy groups -OCH3 is 2. The molecule has 0 atom stereocenters. The second kappa shape index (κ2) is 7.93. The summed E-state index contributed by atoms with van der Waals surface area (Å²) in [5, 5.41) is 10.1. The second-order valence-corrected chi connectivity index (χ2v) is 4.92. The monoisotopic (exact) mass is 266 g/mol. The minimum absolute atomic E-state index is 0.311. The zero-order valence-electron chi connectivity index (χ0n) is 12.6. The number of benzene rings is 1. The van der Waals surface area contributed by atoms with E-state index in [2.05, 4.69) is 6.92 Å². The molecule has 0 aliphatic rings. The standard InChI is InChI=1S/C16H26O3/c1-5-6-7-8-9-10-13-14(17)11-12(2)15(18-3)16(13)19-4/h11,17H,5-10H2,1-4H3. The summed E-state index contributed by atoms with van der Waals surface area (Å²) < 4.78 is 10.8. The van der Waals surface area contributed by atoms with Crippen molar-refractivity contribution in [2.75, 3.05) is 14.2 Å². The van der Waals surface area contributed by atoms with E-state index in [-0.39, 0.29) is 0 Å². The summed E-state index contributed by atoms with van der Waals surface area (Å²) >= 11 is 0. The summed E-state index contributed by atoms with van der Waals surface area (Å²) in [6.07, 6.45) is 6.86. The maximum absolute atomic E-state index is 10.1. The van der Waals surface area contributed by atoms with Crippen LogP contribution in [0.5, 0.6) is 17.2 Å². The summed E-state index contributed by atoms with van der Waals surface area (Å²) in [7, 11) is 3.25. The van der Waals surface area contributed by atoms with Gasteiger partial charge >= 0.3 is 0 Å². The number of phenolic OH excluding ortho intramolecular Hbond substituents is 1. The third kappa shape index (κ3) is 4.05. The van der Waals surface area contributed by atoms with Crippen molar-refractivity contribution in [2.45, 2.75) is 52.4 Å². The van der Waals surface area contributed by atoms with Crippen LogP contribution >= 0.6 is 0 Å². The summed E-state index contributed by atoms with van der Waals surface area (Å²) in [5.74, 6) is 1.71. The summed E-state index contributed by atoms with van der Waals surface area (Å²) in [6, 6.07) is 1.75.